The third-order valence-corrected chi connectivity index (χ3v) is 4.31. The van der Waals surface area contributed by atoms with Crippen molar-refractivity contribution in [2.75, 3.05) is 0 Å². The first-order chi connectivity index (χ1) is 8.09. The van der Waals surface area contributed by atoms with Gasteiger partial charge in [0.15, 0.2) is 0 Å². The summed E-state index contributed by atoms with van der Waals surface area (Å²) in [6.07, 6.45) is 6.41. The number of hydrogen-bond acceptors (Lipinski definition) is 1. The summed E-state index contributed by atoms with van der Waals surface area (Å²) in [5.74, 6) is 0. The van der Waals surface area contributed by atoms with Crippen LogP contribution in [-0.4, -0.2) is 10.1 Å². The van der Waals surface area contributed by atoms with Crippen LogP contribution in [0.1, 0.15) is 24.8 Å². The van der Waals surface area contributed by atoms with Crippen molar-refractivity contribution in [3.63, 3.8) is 0 Å². The van der Waals surface area contributed by atoms with Crippen LogP contribution >= 0.6 is 11.6 Å². The number of benzene rings is 1. The Kier molecular flexibility index (Phi) is 2.46. The zero-order chi connectivity index (χ0) is 12.0. The lowest BCUT2D eigenvalue weighted by Crippen LogP contribution is -2.22. The molecular formula is C14H17ClN2. The van der Waals surface area contributed by atoms with Crippen molar-refractivity contribution < 1.29 is 0 Å². The molecule has 2 aromatic rings. The van der Waals surface area contributed by atoms with Crippen molar-refractivity contribution in [1.82, 2.24) is 4.57 Å². The molecule has 1 aromatic heterocycles. The van der Waals surface area contributed by atoms with Crippen LogP contribution in [0.15, 0.2) is 24.4 Å². The van der Waals surface area contributed by atoms with Crippen molar-refractivity contribution in [3.8, 4) is 0 Å². The maximum absolute atomic E-state index is 6.45. The molecule has 1 aromatic carbocycles. The Bertz CT molecular complexity index is 567. The number of fused-ring (bicyclic) bond motifs is 1. The lowest BCUT2D eigenvalue weighted by atomic mass is 10.0. The summed E-state index contributed by atoms with van der Waals surface area (Å²) in [6.45, 7) is 0. The van der Waals surface area contributed by atoms with E-state index in [9.17, 15) is 0 Å². The van der Waals surface area contributed by atoms with E-state index in [0.717, 1.165) is 36.1 Å². The highest BCUT2D eigenvalue weighted by Gasteiger charge is 2.37. The van der Waals surface area contributed by atoms with Gasteiger partial charge < -0.3 is 10.3 Å². The number of hydrogen-bond donors (Lipinski definition) is 1. The molecule has 1 aliphatic rings. The molecule has 0 unspecified atom stereocenters. The highest BCUT2D eigenvalue weighted by Crippen LogP contribution is 2.38. The SMILES string of the molecule is Cn1ccc2c(Cl)c(CCC3(N)CC3)ccc21. The van der Waals surface area contributed by atoms with E-state index in [4.69, 9.17) is 17.3 Å². The third-order valence-electron chi connectivity index (χ3n) is 3.87. The summed E-state index contributed by atoms with van der Waals surface area (Å²) >= 11 is 6.45. The van der Waals surface area contributed by atoms with Gasteiger partial charge >= 0.3 is 0 Å². The lowest BCUT2D eigenvalue weighted by molar-refractivity contribution is 0.609. The molecule has 0 radical (unpaired) electrons. The summed E-state index contributed by atoms with van der Waals surface area (Å²) in [5, 5.41) is 2.04. The molecule has 3 rings (SSSR count). The van der Waals surface area contributed by atoms with Crippen LogP contribution in [0.2, 0.25) is 5.02 Å². The minimum atomic E-state index is 0.106. The molecule has 1 saturated carbocycles. The average Bonchev–Trinajstić information content (AvgIpc) is 2.92. The first kappa shape index (κ1) is 11.1. The summed E-state index contributed by atoms with van der Waals surface area (Å²) in [5.41, 5.74) is 8.63. The van der Waals surface area contributed by atoms with Crippen molar-refractivity contribution in [3.05, 3.63) is 35.0 Å². The molecule has 2 nitrogen and oxygen atoms in total. The number of nitrogens with two attached hydrogens (primary N) is 1. The van der Waals surface area contributed by atoms with Gasteiger partial charge in [0.1, 0.15) is 0 Å². The maximum atomic E-state index is 6.45. The molecule has 2 N–H and O–H groups in total. The number of nitrogens with zero attached hydrogens (tertiary/aromatic N) is 1. The van der Waals surface area contributed by atoms with Gasteiger partial charge in [0.25, 0.3) is 0 Å². The van der Waals surface area contributed by atoms with E-state index >= 15 is 0 Å². The lowest BCUT2D eigenvalue weighted by Gasteiger charge is -2.10. The van der Waals surface area contributed by atoms with Gasteiger partial charge in [-0.05, 0) is 43.4 Å². The molecule has 1 heterocycles. The fourth-order valence-electron chi connectivity index (χ4n) is 2.35. The summed E-state index contributed by atoms with van der Waals surface area (Å²) in [6, 6.07) is 6.36. The predicted octanol–water partition coefficient (Wildman–Crippen LogP) is 3.26. The Morgan fingerprint density at radius 1 is 1.35 bits per heavy atom. The number of aryl methyl sites for hydroxylation is 2. The monoisotopic (exact) mass is 248 g/mol. The number of halogens is 1. The average molecular weight is 249 g/mol. The van der Waals surface area contributed by atoms with E-state index < -0.39 is 0 Å². The van der Waals surface area contributed by atoms with E-state index in [1.54, 1.807) is 0 Å². The Morgan fingerprint density at radius 2 is 2.12 bits per heavy atom. The smallest absolute Gasteiger partial charge is 0.0531 e. The van der Waals surface area contributed by atoms with Crippen LogP contribution in [0.5, 0.6) is 0 Å². The maximum Gasteiger partial charge on any atom is 0.0531 e. The molecule has 0 atom stereocenters. The Labute approximate surface area is 106 Å². The molecular weight excluding hydrogens is 232 g/mol. The van der Waals surface area contributed by atoms with Crippen molar-refractivity contribution in [1.29, 1.82) is 0 Å². The second-order valence-electron chi connectivity index (χ2n) is 5.26. The highest BCUT2D eigenvalue weighted by atomic mass is 35.5. The van der Waals surface area contributed by atoms with E-state index in [1.165, 1.54) is 11.1 Å². The summed E-state index contributed by atoms with van der Waals surface area (Å²) in [7, 11) is 2.04. The predicted molar refractivity (Wildman–Crippen MR) is 72.4 cm³/mol. The molecule has 0 spiro atoms. The van der Waals surface area contributed by atoms with Gasteiger partial charge in [-0.3, -0.25) is 0 Å². The number of aromatic nitrogens is 1. The van der Waals surface area contributed by atoms with Gasteiger partial charge in [-0.2, -0.15) is 0 Å². The van der Waals surface area contributed by atoms with Crippen LogP contribution in [0.4, 0.5) is 0 Å². The van der Waals surface area contributed by atoms with E-state index in [0.29, 0.717) is 0 Å². The molecule has 0 saturated heterocycles. The Hall–Kier alpha value is -0.990. The Balaban J connectivity index is 1.91. The van der Waals surface area contributed by atoms with Crippen LogP contribution in [-0.2, 0) is 13.5 Å². The first-order valence-electron chi connectivity index (χ1n) is 6.10. The molecule has 0 amide bonds. The summed E-state index contributed by atoms with van der Waals surface area (Å²) in [4.78, 5) is 0. The molecule has 17 heavy (non-hydrogen) atoms. The Morgan fingerprint density at radius 3 is 2.82 bits per heavy atom. The highest BCUT2D eigenvalue weighted by molar-refractivity contribution is 6.36. The van der Waals surface area contributed by atoms with Gasteiger partial charge in [-0.25, -0.2) is 0 Å². The largest absolute Gasteiger partial charge is 0.351 e. The van der Waals surface area contributed by atoms with Crippen molar-refractivity contribution >= 4 is 22.5 Å². The zero-order valence-corrected chi connectivity index (χ0v) is 10.8. The number of rotatable bonds is 3. The van der Waals surface area contributed by atoms with Crippen LogP contribution < -0.4 is 5.73 Å². The van der Waals surface area contributed by atoms with Crippen LogP contribution in [0.3, 0.4) is 0 Å². The molecule has 90 valence electrons. The fraction of sp³-hybridized carbons (Fsp3) is 0.429. The third kappa shape index (κ3) is 1.96. The fourth-order valence-corrected chi connectivity index (χ4v) is 2.67. The van der Waals surface area contributed by atoms with Gasteiger partial charge in [0, 0.05) is 29.7 Å². The molecule has 1 aliphatic carbocycles. The van der Waals surface area contributed by atoms with Gasteiger partial charge in [0.05, 0.1) is 5.02 Å². The first-order valence-corrected chi connectivity index (χ1v) is 6.48. The standard InChI is InChI=1S/C14H17ClN2/c1-17-9-5-11-12(17)3-2-10(13(11)15)4-6-14(16)7-8-14/h2-3,5,9H,4,6-8,16H2,1H3. The topological polar surface area (TPSA) is 30.9 Å². The van der Waals surface area contributed by atoms with Gasteiger partial charge in [-0.15, -0.1) is 0 Å². The zero-order valence-electron chi connectivity index (χ0n) is 10.0. The molecule has 0 bridgehead atoms. The molecule has 1 fully saturated rings. The van der Waals surface area contributed by atoms with Crippen LogP contribution in [0.25, 0.3) is 10.9 Å². The van der Waals surface area contributed by atoms with Gasteiger partial charge in [0.2, 0.25) is 0 Å². The van der Waals surface area contributed by atoms with Crippen LogP contribution in [0, 0.1) is 0 Å². The minimum absolute atomic E-state index is 0.106. The molecule has 0 aliphatic heterocycles. The van der Waals surface area contributed by atoms with Gasteiger partial charge in [-0.1, -0.05) is 17.7 Å². The van der Waals surface area contributed by atoms with Crippen molar-refractivity contribution in [2.24, 2.45) is 12.8 Å². The van der Waals surface area contributed by atoms with Crippen molar-refractivity contribution in [2.45, 2.75) is 31.2 Å². The normalized spacial score (nSPS) is 17.6. The van der Waals surface area contributed by atoms with E-state index in [1.807, 2.05) is 13.2 Å². The second kappa shape index (κ2) is 3.76. The summed E-state index contributed by atoms with van der Waals surface area (Å²) < 4.78 is 2.09. The minimum Gasteiger partial charge on any atom is -0.351 e. The van der Waals surface area contributed by atoms with E-state index in [2.05, 4.69) is 22.8 Å². The second-order valence-corrected chi connectivity index (χ2v) is 5.64. The quantitative estimate of drug-likeness (QED) is 0.888. The molecule has 3 heteroatoms. The van der Waals surface area contributed by atoms with E-state index in [-0.39, 0.29) is 5.54 Å².